The van der Waals surface area contributed by atoms with E-state index in [1.807, 2.05) is 12.1 Å². The largest absolute Gasteiger partial charge is 0.508 e. The number of phenolic OH excluding ortho intramolecular Hbond substituents is 1. The normalized spacial score (nSPS) is 11.1. The molecule has 0 bridgehead atoms. The van der Waals surface area contributed by atoms with Gasteiger partial charge in [0.15, 0.2) is 0 Å². The lowest BCUT2D eigenvalue weighted by atomic mass is 9.95. The molecule has 0 saturated carbocycles. The molecule has 1 heterocycles. The number of aromatic hydroxyl groups is 1. The van der Waals surface area contributed by atoms with Crippen molar-refractivity contribution in [3.05, 3.63) is 65.4 Å². The number of hydrogen-bond acceptors (Lipinski definition) is 1. The summed E-state index contributed by atoms with van der Waals surface area (Å²) in [6, 6.07) is 14.2. The predicted octanol–water partition coefficient (Wildman–Crippen LogP) is 4.81. The van der Waals surface area contributed by atoms with Crippen molar-refractivity contribution in [3.8, 4) is 5.75 Å². The average molecular weight is 279 g/mol. The number of hydrogen-bond donors (Lipinski definition) is 2. The van der Waals surface area contributed by atoms with Gasteiger partial charge in [-0.3, -0.25) is 0 Å². The number of aromatic nitrogens is 1. The Morgan fingerprint density at radius 2 is 1.86 bits per heavy atom. The summed E-state index contributed by atoms with van der Waals surface area (Å²) in [6.45, 7) is 2.20. The van der Waals surface area contributed by atoms with Crippen LogP contribution in [0, 0.1) is 0 Å². The van der Waals surface area contributed by atoms with Gasteiger partial charge < -0.3 is 10.1 Å². The highest BCUT2D eigenvalue weighted by Crippen LogP contribution is 2.28. The molecule has 0 aliphatic carbocycles. The number of aromatic amines is 1. The van der Waals surface area contributed by atoms with Crippen molar-refractivity contribution < 1.29 is 5.11 Å². The molecule has 2 heteroatoms. The van der Waals surface area contributed by atoms with E-state index in [-0.39, 0.29) is 0 Å². The molecule has 108 valence electrons. The zero-order valence-corrected chi connectivity index (χ0v) is 12.4. The first kappa shape index (κ1) is 13.7. The molecule has 21 heavy (non-hydrogen) atoms. The SMILES string of the molecule is CCCCc1cccc(O)c1Cc1c[nH]c2ccccc12. The maximum absolute atomic E-state index is 10.3. The minimum absolute atomic E-state index is 0.411. The topological polar surface area (TPSA) is 36.0 Å². The highest BCUT2D eigenvalue weighted by atomic mass is 16.3. The second-order valence-corrected chi connectivity index (χ2v) is 5.55. The molecule has 0 aliphatic rings. The molecule has 0 unspecified atom stereocenters. The van der Waals surface area contributed by atoms with Crippen LogP contribution >= 0.6 is 0 Å². The van der Waals surface area contributed by atoms with Crippen LogP contribution in [0.1, 0.15) is 36.5 Å². The summed E-state index contributed by atoms with van der Waals surface area (Å²) in [5, 5.41) is 11.5. The van der Waals surface area contributed by atoms with Crippen molar-refractivity contribution in [1.29, 1.82) is 0 Å². The van der Waals surface area contributed by atoms with Gasteiger partial charge in [-0.05, 0) is 36.1 Å². The molecule has 0 amide bonds. The third-order valence-electron chi connectivity index (χ3n) is 4.09. The Bertz CT molecular complexity index is 742. The first-order valence-electron chi connectivity index (χ1n) is 7.64. The van der Waals surface area contributed by atoms with Crippen molar-refractivity contribution in [2.24, 2.45) is 0 Å². The minimum Gasteiger partial charge on any atom is -0.508 e. The summed E-state index contributed by atoms with van der Waals surface area (Å²) < 4.78 is 0. The van der Waals surface area contributed by atoms with Crippen LogP contribution in [-0.2, 0) is 12.8 Å². The van der Waals surface area contributed by atoms with E-state index < -0.39 is 0 Å². The Hall–Kier alpha value is -2.22. The standard InChI is InChI=1S/C19H21NO/c1-2-3-7-14-8-6-11-19(21)17(14)12-15-13-20-18-10-5-4-9-16(15)18/h4-6,8-11,13,20-21H,2-3,7,12H2,1H3. The van der Waals surface area contributed by atoms with Gasteiger partial charge in [-0.15, -0.1) is 0 Å². The summed E-state index contributed by atoms with van der Waals surface area (Å²) >= 11 is 0. The van der Waals surface area contributed by atoms with Crippen LogP contribution in [-0.4, -0.2) is 10.1 Å². The third kappa shape index (κ3) is 2.80. The van der Waals surface area contributed by atoms with Crippen LogP contribution in [0.4, 0.5) is 0 Å². The van der Waals surface area contributed by atoms with Crippen molar-refractivity contribution in [1.82, 2.24) is 4.98 Å². The van der Waals surface area contributed by atoms with Crippen LogP contribution < -0.4 is 0 Å². The summed E-state index contributed by atoms with van der Waals surface area (Å²) in [5.41, 5.74) is 4.72. The molecule has 0 radical (unpaired) electrons. The van der Waals surface area contributed by atoms with Crippen molar-refractivity contribution >= 4 is 10.9 Å². The highest BCUT2D eigenvalue weighted by Gasteiger charge is 2.11. The summed E-state index contributed by atoms with van der Waals surface area (Å²) in [4.78, 5) is 3.31. The van der Waals surface area contributed by atoms with E-state index >= 15 is 0 Å². The summed E-state index contributed by atoms with van der Waals surface area (Å²) in [6.07, 6.45) is 6.19. The van der Waals surface area contributed by atoms with Crippen molar-refractivity contribution in [2.45, 2.75) is 32.6 Å². The van der Waals surface area contributed by atoms with E-state index in [9.17, 15) is 5.11 Å². The summed E-state index contributed by atoms with van der Waals surface area (Å²) in [5.74, 6) is 0.411. The molecule has 3 rings (SSSR count). The molecular formula is C19H21NO. The number of benzene rings is 2. The zero-order valence-electron chi connectivity index (χ0n) is 12.4. The van der Waals surface area contributed by atoms with Crippen LogP contribution in [0.15, 0.2) is 48.7 Å². The molecule has 2 N–H and O–H groups in total. The number of unbranched alkanes of at least 4 members (excludes halogenated alkanes) is 1. The van der Waals surface area contributed by atoms with E-state index in [1.54, 1.807) is 6.07 Å². The zero-order chi connectivity index (χ0) is 14.7. The number of para-hydroxylation sites is 1. The Morgan fingerprint density at radius 1 is 1.00 bits per heavy atom. The van der Waals surface area contributed by atoms with Gasteiger partial charge in [0.2, 0.25) is 0 Å². The van der Waals surface area contributed by atoms with Gasteiger partial charge in [-0.2, -0.15) is 0 Å². The number of rotatable bonds is 5. The summed E-state index contributed by atoms with van der Waals surface area (Å²) in [7, 11) is 0. The lowest BCUT2D eigenvalue weighted by Gasteiger charge is -2.11. The van der Waals surface area contributed by atoms with Crippen LogP contribution in [0.2, 0.25) is 0 Å². The maximum atomic E-state index is 10.3. The van der Waals surface area contributed by atoms with E-state index in [4.69, 9.17) is 0 Å². The van der Waals surface area contributed by atoms with E-state index in [0.717, 1.165) is 30.3 Å². The van der Waals surface area contributed by atoms with Crippen LogP contribution in [0.3, 0.4) is 0 Å². The van der Waals surface area contributed by atoms with Crippen molar-refractivity contribution in [3.63, 3.8) is 0 Å². The molecule has 0 atom stereocenters. The lowest BCUT2D eigenvalue weighted by Crippen LogP contribution is -1.96. The Labute approximate surface area is 125 Å². The highest BCUT2D eigenvalue weighted by molar-refractivity contribution is 5.83. The molecule has 0 fully saturated rings. The average Bonchev–Trinajstić information content (AvgIpc) is 2.91. The van der Waals surface area contributed by atoms with Gasteiger partial charge in [0.1, 0.15) is 5.75 Å². The molecule has 0 spiro atoms. The Morgan fingerprint density at radius 3 is 2.71 bits per heavy atom. The van der Waals surface area contributed by atoms with Gasteiger partial charge in [0, 0.05) is 29.1 Å². The molecule has 0 saturated heterocycles. The number of H-pyrrole nitrogens is 1. The molecular weight excluding hydrogens is 258 g/mol. The minimum atomic E-state index is 0.411. The van der Waals surface area contributed by atoms with Gasteiger partial charge in [0.25, 0.3) is 0 Å². The number of aryl methyl sites for hydroxylation is 1. The third-order valence-corrected chi connectivity index (χ3v) is 4.09. The van der Waals surface area contributed by atoms with Gasteiger partial charge in [0.05, 0.1) is 0 Å². The molecule has 2 aromatic carbocycles. The second-order valence-electron chi connectivity index (χ2n) is 5.55. The molecule has 0 aliphatic heterocycles. The smallest absolute Gasteiger partial charge is 0.119 e. The Balaban J connectivity index is 1.97. The molecule has 3 aromatic rings. The Kier molecular flexibility index (Phi) is 3.96. The fraction of sp³-hybridized carbons (Fsp3) is 0.263. The second kappa shape index (κ2) is 6.04. The number of phenols is 1. The van der Waals surface area contributed by atoms with E-state index in [1.165, 1.54) is 22.9 Å². The monoisotopic (exact) mass is 279 g/mol. The van der Waals surface area contributed by atoms with E-state index in [0.29, 0.717) is 5.75 Å². The van der Waals surface area contributed by atoms with E-state index in [2.05, 4.69) is 42.4 Å². The molecule has 2 nitrogen and oxygen atoms in total. The number of nitrogens with one attached hydrogen (secondary N) is 1. The fourth-order valence-electron chi connectivity index (χ4n) is 2.89. The maximum Gasteiger partial charge on any atom is 0.119 e. The first-order chi connectivity index (χ1) is 10.3. The lowest BCUT2D eigenvalue weighted by molar-refractivity contribution is 0.468. The van der Waals surface area contributed by atoms with Gasteiger partial charge in [-0.1, -0.05) is 43.7 Å². The predicted molar refractivity (Wildman–Crippen MR) is 87.8 cm³/mol. The van der Waals surface area contributed by atoms with Gasteiger partial charge in [-0.25, -0.2) is 0 Å². The van der Waals surface area contributed by atoms with Gasteiger partial charge >= 0.3 is 0 Å². The van der Waals surface area contributed by atoms with Crippen molar-refractivity contribution in [2.75, 3.05) is 0 Å². The number of fused-ring (bicyclic) bond motifs is 1. The first-order valence-corrected chi connectivity index (χ1v) is 7.64. The fourth-order valence-corrected chi connectivity index (χ4v) is 2.89. The van der Waals surface area contributed by atoms with Crippen LogP contribution in [0.5, 0.6) is 5.75 Å². The quantitative estimate of drug-likeness (QED) is 0.691. The molecule has 1 aromatic heterocycles. The van der Waals surface area contributed by atoms with Crippen LogP contribution in [0.25, 0.3) is 10.9 Å².